The van der Waals surface area contributed by atoms with Crippen LogP contribution in [0.4, 0.5) is 14.5 Å². The van der Waals surface area contributed by atoms with Crippen LogP contribution in [0.3, 0.4) is 0 Å². The highest BCUT2D eigenvalue weighted by Gasteiger charge is 2.63. The lowest BCUT2D eigenvalue weighted by atomic mass is 9.58. The quantitative estimate of drug-likeness (QED) is 0.227. The lowest BCUT2D eigenvalue weighted by molar-refractivity contribution is -0.148. The highest BCUT2D eigenvalue weighted by Crippen LogP contribution is 2.53. The Balaban J connectivity index is 1.57. The summed E-state index contributed by atoms with van der Waals surface area (Å²) in [5.41, 5.74) is -0.0317. The Labute approximate surface area is 226 Å². The Morgan fingerprint density at radius 2 is 1.82 bits per heavy atom. The molecule has 0 aliphatic heterocycles. The highest BCUT2D eigenvalue weighted by atomic mass is 19.1. The van der Waals surface area contributed by atoms with Gasteiger partial charge < -0.3 is 31.5 Å². The van der Waals surface area contributed by atoms with Crippen molar-refractivity contribution in [2.24, 2.45) is 23.5 Å². The molecule has 0 radical (unpaired) electrons. The van der Waals surface area contributed by atoms with Gasteiger partial charge in [-0.1, -0.05) is 0 Å². The molecule has 2 amide bonds. The number of carbonyl (C=O) groups excluding carboxylic acids is 4. The van der Waals surface area contributed by atoms with Gasteiger partial charge in [-0.2, -0.15) is 0 Å². The molecule has 11 nitrogen and oxygen atoms in total. The van der Waals surface area contributed by atoms with Gasteiger partial charge in [0.15, 0.2) is 17.1 Å². The number of anilines is 1. The summed E-state index contributed by atoms with van der Waals surface area (Å²) in [5, 5.41) is 46.9. The van der Waals surface area contributed by atoms with E-state index < -0.39 is 98.5 Å². The minimum absolute atomic E-state index is 0.0628. The largest absolute Gasteiger partial charge is 0.510 e. The van der Waals surface area contributed by atoms with Gasteiger partial charge in [0.25, 0.3) is 5.91 Å². The number of primary amides is 1. The maximum Gasteiger partial charge on any atom is 0.255 e. The summed E-state index contributed by atoms with van der Waals surface area (Å²) in [5.74, 6) is -10.2. The zero-order chi connectivity index (χ0) is 29.4. The molecule has 7 N–H and O–H groups in total. The average molecular weight is 562 g/mol. The number of rotatable bonds is 5. The van der Waals surface area contributed by atoms with E-state index in [2.05, 4.69) is 5.32 Å². The number of aliphatic hydroxyl groups excluding tert-OH is 2. The summed E-state index contributed by atoms with van der Waals surface area (Å²) in [4.78, 5) is 52.9. The standard InChI is InChI=1S/C27H29F2N3O8/c1-32(2)20-13-7-10-6-12-14(29)8-15(31-16(33)5-9-3-11(28)4-9)21(34)18(12)22(35)17(10)24(37)27(13,40)25(38)19(23(20)36)26(30)39/h8-11,13,20,34,36-37,40H,3-7H2,1-2H3,(H2,30,39)(H,31,33)/t9?,10-,11?,13-,20-,27-/m0/s1. The number of hydrogen-bond donors (Lipinski definition) is 6. The van der Waals surface area contributed by atoms with Crippen LogP contribution in [0.1, 0.15) is 41.6 Å². The maximum absolute atomic E-state index is 15.3. The van der Waals surface area contributed by atoms with Crippen molar-refractivity contribution in [1.29, 1.82) is 0 Å². The fourth-order valence-electron chi connectivity index (χ4n) is 6.65. The van der Waals surface area contributed by atoms with Crippen LogP contribution in [0.5, 0.6) is 5.75 Å². The number of amides is 2. The van der Waals surface area contributed by atoms with Crippen LogP contribution in [-0.4, -0.2) is 80.6 Å². The smallest absolute Gasteiger partial charge is 0.255 e. The lowest BCUT2D eigenvalue weighted by Gasteiger charge is -2.50. The molecule has 1 aromatic rings. The molecule has 4 aliphatic carbocycles. The van der Waals surface area contributed by atoms with Crippen LogP contribution < -0.4 is 11.1 Å². The molecule has 1 saturated carbocycles. The Morgan fingerprint density at radius 1 is 1.18 bits per heavy atom. The first-order valence-corrected chi connectivity index (χ1v) is 12.8. The van der Waals surface area contributed by atoms with Gasteiger partial charge in [-0.3, -0.25) is 24.1 Å². The van der Waals surface area contributed by atoms with Crippen molar-refractivity contribution in [3.8, 4) is 5.75 Å². The summed E-state index contributed by atoms with van der Waals surface area (Å²) in [6.07, 6.45) is -1.01. The van der Waals surface area contributed by atoms with Crippen LogP contribution in [0.25, 0.3) is 0 Å². The van der Waals surface area contributed by atoms with Gasteiger partial charge in [0.2, 0.25) is 11.7 Å². The summed E-state index contributed by atoms with van der Waals surface area (Å²) < 4.78 is 28.4. The third kappa shape index (κ3) is 3.90. The second kappa shape index (κ2) is 9.37. The molecule has 214 valence electrons. The number of likely N-dealkylation sites (N-methyl/N-ethyl adjacent to an activating group) is 1. The van der Waals surface area contributed by atoms with E-state index in [1.165, 1.54) is 19.0 Å². The monoisotopic (exact) mass is 561 g/mol. The van der Waals surface area contributed by atoms with E-state index >= 15 is 4.39 Å². The van der Waals surface area contributed by atoms with Crippen molar-refractivity contribution in [2.45, 2.75) is 49.9 Å². The fraction of sp³-hybridized carbons (Fsp3) is 0.481. The number of carbonyl (C=O) groups is 4. The van der Waals surface area contributed by atoms with Crippen molar-refractivity contribution >= 4 is 29.1 Å². The number of fused-ring (bicyclic) bond motifs is 3. The van der Waals surface area contributed by atoms with E-state index in [-0.39, 0.29) is 43.6 Å². The van der Waals surface area contributed by atoms with E-state index in [4.69, 9.17) is 5.73 Å². The highest BCUT2D eigenvalue weighted by molar-refractivity contribution is 6.25. The Morgan fingerprint density at radius 3 is 2.40 bits per heavy atom. The van der Waals surface area contributed by atoms with E-state index in [1.54, 1.807) is 0 Å². The number of phenols is 1. The second-order valence-corrected chi connectivity index (χ2v) is 11.3. The van der Waals surface area contributed by atoms with Gasteiger partial charge in [0, 0.05) is 29.5 Å². The third-order valence-corrected chi connectivity index (χ3v) is 8.59. The van der Waals surface area contributed by atoms with Crippen LogP contribution in [-0.2, 0) is 20.8 Å². The van der Waals surface area contributed by atoms with E-state index in [0.717, 1.165) is 6.07 Å². The second-order valence-electron chi connectivity index (χ2n) is 11.3. The van der Waals surface area contributed by atoms with Crippen LogP contribution in [0.15, 0.2) is 28.7 Å². The molecule has 0 heterocycles. The van der Waals surface area contributed by atoms with Gasteiger partial charge in [0.1, 0.15) is 29.1 Å². The van der Waals surface area contributed by atoms with Crippen LogP contribution in [0.2, 0.25) is 0 Å². The number of halogens is 2. The number of hydrogen-bond acceptors (Lipinski definition) is 9. The van der Waals surface area contributed by atoms with Crippen molar-refractivity contribution < 1.29 is 48.4 Å². The fourth-order valence-corrected chi connectivity index (χ4v) is 6.65. The van der Waals surface area contributed by atoms with Gasteiger partial charge in [-0.25, -0.2) is 8.78 Å². The number of allylic oxidation sites excluding steroid dienone is 1. The summed E-state index contributed by atoms with van der Waals surface area (Å²) >= 11 is 0. The molecule has 5 rings (SSSR count). The molecule has 4 atom stereocenters. The lowest BCUT2D eigenvalue weighted by Crippen LogP contribution is -2.63. The predicted octanol–water partition coefficient (Wildman–Crippen LogP) is 1.34. The molecule has 0 aromatic heterocycles. The van der Waals surface area contributed by atoms with Crippen molar-refractivity contribution in [2.75, 3.05) is 19.4 Å². The molecule has 0 bridgehead atoms. The molecule has 1 fully saturated rings. The first-order valence-electron chi connectivity index (χ1n) is 12.8. The zero-order valence-corrected chi connectivity index (χ0v) is 21.7. The molecule has 40 heavy (non-hydrogen) atoms. The van der Waals surface area contributed by atoms with Crippen LogP contribution >= 0.6 is 0 Å². The summed E-state index contributed by atoms with van der Waals surface area (Å²) in [6.45, 7) is 0. The van der Waals surface area contributed by atoms with Gasteiger partial charge >= 0.3 is 0 Å². The Bertz CT molecular complexity index is 1430. The van der Waals surface area contributed by atoms with Crippen molar-refractivity contribution in [1.82, 2.24) is 4.90 Å². The number of nitrogens with zero attached hydrogens (tertiary/aromatic N) is 1. The first kappa shape index (κ1) is 27.7. The van der Waals surface area contributed by atoms with Gasteiger partial charge in [-0.05, 0) is 51.6 Å². The zero-order valence-electron chi connectivity index (χ0n) is 21.7. The number of ketones is 2. The predicted molar refractivity (Wildman–Crippen MR) is 134 cm³/mol. The molecule has 0 unspecified atom stereocenters. The molecule has 0 spiro atoms. The number of Topliss-reactive ketones (excluding diaryl/α,β-unsaturated/α-hetero) is 2. The molecular weight excluding hydrogens is 532 g/mol. The van der Waals surface area contributed by atoms with Gasteiger partial charge in [0.05, 0.1) is 17.3 Å². The Hall–Kier alpha value is -3.84. The molecule has 1 aromatic carbocycles. The van der Waals surface area contributed by atoms with Gasteiger partial charge in [-0.15, -0.1) is 0 Å². The topological polar surface area (TPSA) is 190 Å². The summed E-state index contributed by atoms with van der Waals surface area (Å²) in [7, 11) is 3.00. The van der Waals surface area contributed by atoms with Crippen molar-refractivity contribution in [3.63, 3.8) is 0 Å². The number of phenolic OH excluding ortho intramolecular Hbond substituents is 1. The van der Waals surface area contributed by atoms with E-state index in [9.17, 15) is 44.0 Å². The number of aliphatic hydroxyl groups is 3. The molecular formula is C27H29F2N3O8. The minimum Gasteiger partial charge on any atom is -0.510 e. The first-order chi connectivity index (χ1) is 18.7. The maximum atomic E-state index is 15.3. The normalized spacial score (nSPS) is 31.4. The van der Waals surface area contributed by atoms with E-state index in [1.807, 2.05) is 0 Å². The summed E-state index contributed by atoms with van der Waals surface area (Å²) in [6, 6.07) is -0.295. The van der Waals surface area contributed by atoms with Crippen LogP contribution in [0, 0.1) is 23.6 Å². The van der Waals surface area contributed by atoms with Crippen molar-refractivity contribution in [3.05, 3.63) is 45.7 Å². The minimum atomic E-state index is -2.82. The number of benzene rings is 1. The average Bonchev–Trinajstić information content (AvgIpc) is 2.83. The molecule has 0 saturated heterocycles. The molecule has 4 aliphatic rings. The number of nitrogens with two attached hydrogens (primary N) is 1. The number of alkyl halides is 1. The third-order valence-electron chi connectivity index (χ3n) is 8.59. The SMILES string of the molecule is CN(C)[C@@H]1C(O)=C(C(N)=O)C(=O)[C@@]2(O)C(O)=C3C(=O)c4c(O)c(NC(=O)CC5CC(F)C5)cc(F)c4C[C@H]3C[C@@H]12. The number of aromatic hydroxyl groups is 1. The Kier molecular flexibility index (Phi) is 6.49. The molecule has 13 heteroatoms. The number of nitrogens with one attached hydrogen (secondary N) is 1. The van der Waals surface area contributed by atoms with E-state index in [0.29, 0.717) is 0 Å².